The van der Waals surface area contributed by atoms with Crippen molar-refractivity contribution in [1.29, 1.82) is 0 Å². The first-order valence-corrected chi connectivity index (χ1v) is 9.73. The Morgan fingerprint density at radius 1 is 1.27 bits per heavy atom. The number of carbonyl (C=O) groups is 2. The molecular weight excluding hydrogens is 352 g/mol. The quantitative estimate of drug-likeness (QED) is 0.467. The van der Waals surface area contributed by atoms with Crippen LogP contribution in [0.4, 0.5) is 11.4 Å². The lowest BCUT2D eigenvalue weighted by molar-refractivity contribution is -0.858. The first-order chi connectivity index (χ1) is 12.4. The highest BCUT2D eigenvalue weighted by Gasteiger charge is 2.21. The maximum atomic E-state index is 12.8. The average molecular weight is 382 g/mol. The molecule has 0 saturated carbocycles. The Kier molecular flexibility index (Phi) is 7.72. The molecule has 144 valence electrons. The van der Waals surface area contributed by atoms with E-state index >= 15 is 0 Å². The van der Waals surface area contributed by atoms with Crippen LogP contribution in [-0.4, -0.2) is 57.5 Å². The van der Waals surface area contributed by atoms with Crippen LogP contribution < -0.4 is 20.4 Å². The topological polar surface area (TPSA) is 65.9 Å². The fourth-order valence-electron chi connectivity index (χ4n) is 3.01. The third-order valence-electron chi connectivity index (χ3n) is 4.46. The van der Waals surface area contributed by atoms with E-state index in [1.54, 1.807) is 13.0 Å². The number of nitrogens with zero attached hydrogens (tertiary/aromatic N) is 1. The van der Waals surface area contributed by atoms with E-state index in [0.29, 0.717) is 17.8 Å². The van der Waals surface area contributed by atoms with E-state index in [-0.39, 0.29) is 11.8 Å². The Labute approximate surface area is 160 Å². The summed E-state index contributed by atoms with van der Waals surface area (Å²) in [4.78, 5) is 28.2. The predicted octanol–water partition coefficient (Wildman–Crippen LogP) is 1.12. The molecule has 1 aromatic rings. The molecule has 1 aromatic carbocycles. The summed E-state index contributed by atoms with van der Waals surface area (Å²) in [5.74, 6) is -0.378. The third kappa shape index (κ3) is 5.88. The summed E-state index contributed by atoms with van der Waals surface area (Å²) >= 11 is 5.82. The van der Waals surface area contributed by atoms with Crippen molar-refractivity contribution in [2.75, 3.05) is 50.5 Å². The molecule has 26 heavy (non-hydrogen) atoms. The van der Waals surface area contributed by atoms with Gasteiger partial charge in [-0.05, 0) is 38.0 Å². The van der Waals surface area contributed by atoms with E-state index in [1.165, 1.54) is 4.90 Å². The van der Waals surface area contributed by atoms with E-state index < -0.39 is 5.38 Å². The minimum atomic E-state index is -0.626. The summed E-state index contributed by atoms with van der Waals surface area (Å²) in [6.45, 7) is 5.17. The van der Waals surface area contributed by atoms with Crippen LogP contribution in [0.2, 0.25) is 0 Å². The molecule has 1 saturated heterocycles. The molecule has 1 aliphatic heterocycles. The van der Waals surface area contributed by atoms with E-state index in [1.807, 2.05) is 12.1 Å². The number of hydrogen-bond acceptors (Lipinski definition) is 3. The van der Waals surface area contributed by atoms with Crippen LogP contribution in [0, 0.1) is 0 Å². The molecule has 1 fully saturated rings. The van der Waals surface area contributed by atoms with Crippen molar-refractivity contribution in [3.05, 3.63) is 23.8 Å². The van der Waals surface area contributed by atoms with Gasteiger partial charge in [0.15, 0.2) is 0 Å². The minimum absolute atomic E-state index is 0.101. The van der Waals surface area contributed by atoms with Gasteiger partial charge in [0.1, 0.15) is 5.38 Å². The summed E-state index contributed by atoms with van der Waals surface area (Å²) in [6.07, 6.45) is 3.19. The summed E-state index contributed by atoms with van der Waals surface area (Å²) in [6, 6.07) is 5.49. The molecule has 0 radical (unpaired) electrons. The van der Waals surface area contributed by atoms with Crippen molar-refractivity contribution in [3.63, 3.8) is 0 Å². The van der Waals surface area contributed by atoms with E-state index in [2.05, 4.69) is 29.6 Å². The fraction of sp³-hybridized carbons (Fsp3) is 0.579. The van der Waals surface area contributed by atoms with Crippen LogP contribution >= 0.6 is 11.6 Å². The number of anilines is 2. The standard InChI is InChI=1S/C19H29ClN4O2/c1-14(20)18(25)22-15-7-8-17(24-11-4-5-12-24)16(13-15)19(26)21-9-6-10-23(2)3/h7-8,13-14H,4-6,9-12H2,1-3H3,(H,21,26)(H,22,25)/p+1/t14-/m0/s1. The van der Waals surface area contributed by atoms with Crippen molar-refractivity contribution in [2.24, 2.45) is 0 Å². The highest BCUT2D eigenvalue weighted by Crippen LogP contribution is 2.27. The third-order valence-corrected chi connectivity index (χ3v) is 4.65. The van der Waals surface area contributed by atoms with E-state index in [0.717, 1.165) is 44.6 Å². The zero-order valence-corrected chi connectivity index (χ0v) is 16.7. The van der Waals surface area contributed by atoms with Gasteiger partial charge in [0.2, 0.25) is 5.91 Å². The molecule has 1 aliphatic rings. The molecule has 0 bridgehead atoms. The number of nitrogens with one attached hydrogen (secondary N) is 3. The Bertz CT molecular complexity index is 628. The molecule has 2 rings (SSSR count). The predicted molar refractivity (Wildman–Crippen MR) is 106 cm³/mol. The van der Waals surface area contributed by atoms with Crippen LogP contribution in [0.25, 0.3) is 0 Å². The monoisotopic (exact) mass is 381 g/mol. The van der Waals surface area contributed by atoms with Crippen molar-refractivity contribution in [1.82, 2.24) is 5.32 Å². The lowest BCUT2D eigenvalue weighted by Gasteiger charge is -2.22. The maximum Gasteiger partial charge on any atom is 0.253 e. The summed E-state index contributed by atoms with van der Waals surface area (Å²) < 4.78 is 0. The number of benzene rings is 1. The molecule has 0 unspecified atom stereocenters. The molecule has 0 aromatic heterocycles. The minimum Gasteiger partial charge on any atom is -0.371 e. The van der Waals surface area contributed by atoms with Gasteiger partial charge in [0, 0.05) is 37.4 Å². The molecule has 2 amide bonds. The number of quaternary nitrogens is 1. The lowest BCUT2D eigenvalue weighted by Crippen LogP contribution is -3.05. The second kappa shape index (κ2) is 9.78. The summed E-state index contributed by atoms with van der Waals surface area (Å²) in [7, 11) is 4.19. The molecule has 1 heterocycles. The SMILES string of the molecule is C[C@H](Cl)C(=O)Nc1ccc(N2CCCC2)c(C(=O)NCCC[NH+](C)C)c1. The molecule has 7 heteroatoms. The number of hydrogen-bond donors (Lipinski definition) is 3. The largest absolute Gasteiger partial charge is 0.371 e. The zero-order chi connectivity index (χ0) is 19.1. The molecule has 0 aliphatic carbocycles. The molecule has 0 spiro atoms. The Morgan fingerprint density at radius 3 is 2.58 bits per heavy atom. The number of amides is 2. The first-order valence-electron chi connectivity index (χ1n) is 9.29. The zero-order valence-electron chi connectivity index (χ0n) is 15.9. The highest BCUT2D eigenvalue weighted by atomic mass is 35.5. The van der Waals surface area contributed by atoms with Crippen LogP contribution in [0.5, 0.6) is 0 Å². The van der Waals surface area contributed by atoms with Crippen molar-refractivity contribution >= 4 is 34.8 Å². The molecule has 3 N–H and O–H groups in total. The second-order valence-corrected chi connectivity index (χ2v) is 7.75. The summed E-state index contributed by atoms with van der Waals surface area (Å²) in [5, 5.41) is 5.14. The van der Waals surface area contributed by atoms with Gasteiger partial charge in [0.05, 0.1) is 26.2 Å². The van der Waals surface area contributed by atoms with E-state index in [4.69, 9.17) is 11.6 Å². The van der Waals surface area contributed by atoms with Gasteiger partial charge in [-0.25, -0.2) is 0 Å². The van der Waals surface area contributed by atoms with Gasteiger partial charge in [-0.15, -0.1) is 11.6 Å². The van der Waals surface area contributed by atoms with Crippen LogP contribution in [0.15, 0.2) is 18.2 Å². The molecule has 6 nitrogen and oxygen atoms in total. The van der Waals surface area contributed by atoms with Crippen molar-refractivity contribution in [2.45, 2.75) is 31.6 Å². The fourth-order valence-corrected chi connectivity index (χ4v) is 3.06. The highest BCUT2D eigenvalue weighted by molar-refractivity contribution is 6.32. The number of carbonyl (C=O) groups excluding carboxylic acids is 2. The second-order valence-electron chi connectivity index (χ2n) is 7.10. The van der Waals surface area contributed by atoms with Crippen molar-refractivity contribution in [3.8, 4) is 0 Å². The maximum absolute atomic E-state index is 12.8. The molecular formula is C19H30ClN4O2+. The first kappa shape index (κ1) is 20.5. The Hall–Kier alpha value is -1.79. The van der Waals surface area contributed by atoms with Crippen LogP contribution in [0.1, 0.15) is 36.5 Å². The number of halogens is 1. The average Bonchev–Trinajstić information content (AvgIpc) is 3.12. The van der Waals surface area contributed by atoms with Crippen molar-refractivity contribution < 1.29 is 14.5 Å². The Morgan fingerprint density at radius 2 is 1.96 bits per heavy atom. The lowest BCUT2D eigenvalue weighted by atomic mass is 10.1. The van der Waals surface area contributed by atoms with Gasteiger partial charge in [-0.1, -0.05) is 0 Å². The van der Waals surface area contributed by atoms with Gasteiger partial charge >= 0.3 is 0 Å². The van der Waals surface area contributed by atoms with Crippen LogP contribution in [0.3, 0.4) is 0 Å². The van der Waals surface area contributed by atoms with Gasteiger partial charge in [-0.2, -0.15) is 0 Å². The van der Waals surface area contributed by atoms with Crippen LogP contribution in [-0.2, 0) is 4.79 Å². The van der Waals surface area contributed by atoms with E-state index in [9.17, 15) is 9.59 Å². The molecule has 1 atom stereocenters. The van der Waals surface area contributed by atoms with Gasteiger partial charge < -0.3 is 20.4 Å². The van der Waals surface area contributed by atoms with Gasteiger partial charge in [-0.3, -0.25) is 9.59 Å². The number of rotatable bonds is 8. The summed E-state index contributed by atoms with van der Waals surface area (Å²) in [5.41, 5.74) is 2.12. The normalized spacial score (nSPS) is 15.2. The number of alkyl halides is 1. The Balaban J connectivity index is 2.15. The van der Waals surface area contributed by atoms with Gasteiger partial charge in [0.25, 0.3) is 5.91 Å². The smallest absolute Gasteiger partial charge is 0.253 e.